The first-order valence-corrected chi connectivity index (χ1v) is 7.13. The highest BCUT2D eigenvalue weighted by Gasteiger charge is 2.50. The van der Waals surface area contributed by atoms with Crippen LogP contribution in [0.4, 0.5) is 4.39 Å². The van der Waals surface area contributed by atoms with E-state index in [9.17, 15) is 4.39 Å². The number of benzene rings is 1. The zero-order chi connectivity index (χ0) is 14.3. The van der Waals surface area contributed by atoms with Crippen LogP contribution in [0.1, 0.15) is 53.0 Å². The summed E-state index contributed by atoms with van der Waals surface area (Å²) in [5, 5.41) is 3.60. The van der Waals surface area contributed by atoms with Gasteiger partial charge in [-0.2, -0.15) is 0 Å². The topological polar surface area (TPSA) is 12.0 Å². The molecule has 2 heteroatoms. The van der Waals surface area contributed by atoms with Gasteiger partial charge in [-0.3, -0.25) is 0 Å². The Morgan fingerprint density at radius 1 is 1.21 bits per heavy atom. The highest BCUT2D eigenvalue weighted by atomic mass is 19.1. The summed E-state index contributed by atoms with van der Waals surface area (Å²) in [4.78, 5) is 0. The molecule has 2 rings (SSSR count). The smallest absolute Gasteiger partial charge is 0.123 e. The Hall–Kier alpha value is -0.890. The van der Waals surface area contributed by atoms with E-state index >= 15 is 0 Å². The first-order valence-electron chi connectivity index (χ1n) is 7.13. The van der Waals surface area contributed by atoms with Crippen molar-refractivity contribution in [1.82, 2.24) is 5.32 Å². The Kier molecular flexibility index (Phi) is 3.51. The van der Waals surface area contributed by atoms with Crippen molar-refractivity contribution in [3.05, 3.63) is 35.6 Å². The number of halogens is 1. The van der Waals surface area contributed by atoms with Gasteiger partial charge in [0.1, 0.15) is 5.82 Å². The lowest BCUT2D eigenvalue weighted by atomic mass is 9.52. The van der Waals surface area contributed by atoms with E-state index in [0.717, 1.165) is 24.9 Å². The van der Waals surface area contributed by atoms with Crippen LogP contribution >= 0.6 is 0 Å². The molecule has 1 nitrogen and oxygen atoms in total. The first-order chi connectivity index (χ1) is 8.62. The van der Waals surface area contributed by atoms with Gasteiger partial charge in [0.2, 0.25) is 0 Å². The van der Waals surface area contributed by atoms with Crippen molar-refractivity contribution in [1.29, 1.82) is 0 Å². The van der Waals surface area contributed by atoms with Crippen molar-refractivity contribution < 1.29 is 4.39 Å². The van der Waals surface area contributed by atoms with Crippen LogP contribution in [0.2, 0.25) is 0 Å². The summed E-state index contributed by atoms with van der Waals surface area (Å²) in [6.45, 7) is 12.0. The number of hydrogen-bond acceptors (Lipinski definition) is 1. The van der Waals surface area contributed by atoms with Crippen molar-refractivity contribution in [2.24, 2.45) is 5.41 Å². The molecular formula is C17H26FN. The largest absolute Gasteiger partial charge is 0.311 e. The monoisotopic (exact) mass is 263 g/mol. The van der Waals surface area contributed by atoms with E-state index in [2.05, 4.69) is 46.0 Å². The average Bonchev–Trinajstić information content (AvgIpc) is 2.22. The summed E-state index contributed by atoms with van der Waals surface area (Å²) >= 11 is 0. The fourth-order valence-electron chi connectivity index (χ4n) is 3.46. The van der Waals surface area contributed by atoms with E-state index < -0.39 is 0 Å². The molecular weight excluding hydrogens is 237 g/mol. The molecule has 0 unspecified atom stereocenters. The van der Waals surface area contributed by atoms with Gasteiger partial charge in [0, 0.05) is 17.5 Å². The summed E-state index contributed by atoms with van der Waals surface area (Å²) in [5.41, 5.74) is 1.70. The van der Waals surface area contributed by atoms with Gasteiger partial charge in [-0.05, 0) is 56.7 Å². The predicted octanol–water partition coefficient (Wildman–Crippen LogP) is 4.27. The zero-order valence-electron chi connectivity index (χ0n) is 12.8. The highest BCUT2D eigenvalue weighted by Crippen LogP contribution is 2.55. The Morgan fingerprint density at radius 3 is 2.32 bits per heavy atom. The lowest BCUT2D eigenvalue weighted by Crippen LogP contribution is -2.55. The molecule has 0 atom stereocenters. The molecule has 0 amide bonds. The van der Waals surface area contributed by atoms with Crippen molar-refractivity contribution in [3.63, 3.8) is 0 Å². The van der Waals surface area contributed by atoms with Crippen LogP contribution in [-0.2, 0) is 5.41 Å². The number of rotatable bonds is 3. The Morgan fingerprint density at radius 2 is 1.84 bits per heavy atom. The van der Waals surface area contributed by atoms with Crippen molar-refractivity contribution in [3.8, 4) is 0 Å². The number of nitrogens with one attached hydrogen (secondary N) is 1. The summed E-state index contributed by atoms with van der Waals surface area (Å²) in [7, 11) is 0. The van der Waals surface area contributed by atoms with Gasteiger partial charge < -0.3 is 5.32 Å². The molecule has 106 valence electrons. The molecule has 1 aromatic rings. The maximum atomic E-state index is 13.5. The van der Waals surface area contributed by atoms with Crippen molar-refractivity contribution in [2.75, 3.05) is 6.54 Å². The molecule has 19 heavy (non-hydrogen) atoms. The lowest BCUT2D eigenvalue weighted by molar-refractivity contribution is 0.0510. The molecule has 0 aliphatic heterocycles. The van der Waals surface area contributed by atoms with Crippen LogP contribution in [-0.4, -0.2) is 12.1 Å². The summed E-state index contributed by atoms with van der Waals surface area (Å²) in [6, 6.07) is 7.13. The molecule has 1 fully saturated rings. The minimum Gasteiger partial charge on any atom is -0.311 e. The van der Waals surface area contributed by atoms with Crippen LogP contribution in [0.25, 0.3) is 0 Å². The number of hydrogen-bond donors (Lipinski definition) is 1. The van der Waals surface area contributed by atoms with Crippen molar-refractivity contribution >= 4 is 0 Å². The third kappa shape index (κ3) is 3.36. The molecule has 0 radical (unpaired) electrons. The zero-order valence-corrected chi connectivity index (χ0v) is 12.8. The van der Waals surface area contributed by atoms with E-state index in [4.69, 9.17) is 0 Å². The summed E-state index contributed by atoms with van der Waals surface area (Å²) in [6.07, 6.45) is 2.24. The molecule has 1 aliphatic carbocycles. The van der Waals surface area contributed by atoms with Gasteiger partial charge in [-0.15, -0.1) is 0 Å². The second-order valence-corrected chi connectivity index (χ2v) is 7.91. The standard InChI is InChI=1S/C17H26FN/c1-15(2,3)19-12-17(10-16(4,5)11-17)13-7-6-8-14(18)9-13/h6-9,19H,10-12H2,1-5H3. The van der Waals surface area contributed by atoms with Crippen LogP contribution < -0.4 is 5.32 Å². The molecule has 1 aliphatic rings. The Balaban J connectivity index is 2.22. The van der Waals surface area contributed by atoms with E-state index in [1.54, 1.807) is 6.07 Å². The maximum absolute atomic E-state index is 13.5. The van der Waals surface area contributed by atoms with E-state index in [1.807, 2.05) is 6.07 Å². The first kappa shape index (κ1) is 14.5. The normalized spacial score (nSPS) is 20.9. The van der Waals surface area contributed by atoms with Crippen LogP contribution in [0, 0.1) is 11.2 Å². The molecule has 0 saturated heterocycles. The van der Waals surface area contributed by atoms with E-state index in [0.29, 0.717) is 5.41 Å². The minimum absolute atomic E-state index is 0.0961. The van der Waals surface area contributed by atoms with Crippen LogP contribution in [0.5, 0.6) is 0 Å². The molecule has 1 aromatic carbocycles. The summed E-state index contributed by atoms with van der Waals surface area (Å²) < 4.78 is 13.5. The van der Waals surface area contributed by atoms with Gasteiger partial charge in [-0.25, -0.2) is 4.39 Å². The SMILES string of the molecule is CC1(C)CC(CNC(C)(C)C)(c2cccc(F)c2)C1. The van der Waals surface area contributed by atoms with Crippen LogP contribution in [0.3, 0.4) is 0 Å². The van der Waals surface area contributed by atoms with Crippen LogP contribution in [0.15, 0.2) is 24.3 Å². The fraction of sp³-hybridized carbons (Fsp3) is 0.647. The third-order valence-electron chi connectivity index (χ3n) is 4.03. The third-order valence-corrected chi connectivity index (χ3v) is 4.03. The van der Waals surface area contributed by atoms with Gasteiger partial charge in [0.25, 0.3) is 0 Å². The van der Waals surface area contributed by atoms with E-state index in [-0.39, 0.29) is 16.8 Å². The second kappa shape index (κ2) is 4.59. The van der Waals surface area contributed by atoms with Crippen molar-refractivity contribution in [2.45, 2.75) is 58.4 Å². The highest BCUT2D eigenvalue weighted by molar-refractivity contribution is 5.31. The summed E-state index contributed by atoms with van der Waals surface area (Å²) in [5.74, 6) is -0.127. The van der Waals surface area contributed by atoms with Gasteiger partial charge >= 0.3 is 0 Å². The molecule has 0 aromatic heterocycles. The van der Waals surface area contributed by atoms with E-state index in [1.165, 1.54) is 6.07 Å². The molecule has 0 heterocycles. The molecule has 1 N–H and O–H groups in total. The fourth-order valence-corrected chi connectivity index (χ4v) is 3.46. The minimum atomic E-state index is -0.127. The van der Waals surface area contributed by atoms with Gasteiger partial charge in [0.15, 0.2) is 0 Å². The Labute approximate surface area is 116 Å². The predicted molar refractivity (Wildman–Crippen MR) is 78.8 cm³/mol. The second-order valence-electron chi connectivity index (χ2n) is 7.91. The average molecular weight is 263 g/mol. The van der Waals surface area contributed by atoms with Gasteiger partial charge in [-0.1, -0.05) is 26.0 Å². The molecule has 1 saturated carbocycles. The van der Waals surface area contributed by atoms with Gasteiger partial charge in [0.05, 0.1) is 0 Å². The lowest BCUT2D eigenvalue weighted by Gasteiger charge is -2.54. The Bertz CT molecular complexity index is 449. The maximum Gasteiger partial charge on any atom is 0.123 e. The molecule has 0 bridgehead atoms. The molecule has 0 spiro atoms. The quantitative estimate of drug-likeness (QED) is 0.858.